The van der Waals surface area contributed by atoms with Crippen molar-refractivity contribution < 1.29 is 9.53 Å². The molecule has 0 aromatic heterocycles. The molecule has 1 aromatic rings. The number of benzene rings is 1. The minimum absolute atomic E-state index is 0.0609. The zero-order chi connectivity index (χ0) is 14.0. The van der Waals surface area contributed by atoms with Crippen LogP contribution in [-0.2, 0) is 4.79 Å². The molecule has 2 rings (SSSR count). The van der Waals surface area contributed by atoms with Gasteiger partial charge in [0.1, 0.15) is 5.75 Å². The maximum atomic E-state index is 12.3. The molecule has 1 saturated carbocycles. The Morgan fingerprint density at radius 1 is 1.42 bits per heavy atom. The van der Waals surface area contributed by atoms with Crippen molar-refractivity contribution in [2.45, 2.75) is 45.3 Å². The number of carbonyl (C=O) groups is 1. The summed E-state index contributed by atoms with van der Waals surface area (Å²) in [6.45, 7) is 5.71. The SMILES string of the molecule is CC(C)Oc1ccccc1NC(=O)C(C)(N)C1CC1. The third kappa shape index (κ3) is 3.26. The van der Waals surface area contributed by atoms with Crippen molar-refractivity contribution in [1.29, 1.82) is 0 Å². The molecule has 1 aliphatic carbocycles. The van der Waals surface area contributed by atoms with Crippen LogP contribution < -0.4 is 15.8 Å². The third-order valence-electron chi connectivity index (χ3n) is 3.41. The molecule has 1 aromatic carbocycles. The van der Waals surface area contributed by atoms with E-state index in [1.54, 1.807) is 6.92 Å². The minimum Gasteiger partial charge on any atom is -0.489 e. The van der Waals surface area contributed by atoms with E-state index in [4.69, 9.17) is 10.5 Å². The van der Waals surface area contributed by atoms with Gasteiger partial charge in [0, 0.05) is 0 Å². The first-order valence-corrected chi connectivity index (χ1v) is 6.77. The average Bonchev–Trinajstić information content (AvgIpc) is 3.15. The molecule has 0 saturated heterocycles. The molecule has 0 radical (unpaired) electrons. The number of nitrogens with one attached hydrogen (secondary N) is 1. The van der Waals surface area contributed by atoms with Crippen molar-refractivity contribution in [1.82, 2.24) is 0 Å². The average molecular weight is 262 g/mol. The van der Waals surface area contributed by atoms with Crippen molar-refractivity contribution in [3.05, 3.63) is 24.3 Å². The summed E-state index contributed by atoms with van der Waals surface area (Å²) in [5, 5.41) is 2.89. The molecule has 0 aliphatic heterocycles. The van der Waals surface area contributed by atoms with Crippen LogP contribution in [0.4, 0.5) is 5.69 Å². The van der Waals surface area contributed by atoms with Gasteiger partial charge in [-0.15, -0.1) is 0 Å². The van der Waals surface area contributed by atoms with Gasteiger partial charge < -0.3 is 15.8 Å². The van der Waals surface area contributed by atoms with Crippen LogP contribution in [0.5, 0.6) is 5.75 Å². The Morgan fingerprint density at radius 2 is 2.05 bits per heavy atom. The molecule has 1 aliphatic rings. The molecule has 104 valence electrons. The van der Waals surface area contributed by atoms with Crippen molar-refractivity contribution in [2.24, 2.45) is 11.7 Å². The first-order valence-electron chi connectivity index (χ1n) is 6.77. The predicted octanol–water partition coefficient (Wildman–Crippen LogP) is 2.54. The van der Waals surface area contributed by atoms with Crippen molar-refractivity contribution >= 4 is 11.6 Å². The van der Waals surface area contributed by atoms with Crippen molar-refractivity contribution in [2.75, 3.05) is 5.32 Å². The Balaban J connectivity index is 2.12. The fourth-order valence-electron chi connectivity index (χ4n) is 2.05. The molecule has 4 heteroatoms. The number of nitrogens with two attached hydrogens (primary N) is 1. The van der Waals surface area contributed by atoms with Gasteiger partial charge in [-0.05, 0) is 51.7 Å². The zero-order valence-corrected chi connectivity index (χ0v) is 11.8. The summed E-state index contributed by atoms with van der Waals surface area (Å²) in [4.78, 5) is 12.3. The summed E-state index contributed by atoms with van der Waals surface area (Å²) in [5.41, 5.74) is 5.99. The molecule has 1 amide bonds. The van der Waals surface area contributed by atoms with Gasteiger partial charge in [0.15, 0.2) is 0 Å². The van der Waals surface area contributed by atoms with E-state index in [9.17, 15) is 4.79 Å². The van der Waals surface area contributed by atoms with Gasteiger partial charge in [-0.25, -0.2) is 0 Å². The molecule has 4 nitrogen and oxygen atoms in total. The number of carbonyl (C=O) groups excluding carboxylic acids is 1. The number of amides is 1. The Labute approximate surface area is 114 Å². The van der Waals surface area contributed by atoms with E-state index in [0.29, 0.717) is 17.4 Å². The lowest BCUT2D eigenvalue weighted by molar-refractivity contribution is -0.121. The lowest BCUT2D eigenvalue weighted by Crippen LogP contribution is -2.50. The molecule has 1 fully saturated rings. The highest BCUT2D eigenvalue weighted by atomic mass is 16.5. The molecule has 1 unspecified atom stereocenters. The summed E-state index contributed by atoms with van der Waals surface area (Å²) >= 11 is 0. The third-order valence-corrected chi connectivity index (χ3v) is 3.41. The van der Waals surface area contributed by atoms with E-state index in [0.717, 1.165) is 12.8 Å². The Bertz CT molecular complexity index is 465. The summed E-state index contributed by atoms with van der Waals surface area (Å²) in [7, 11) is 0. The fourth-order valence-corrected chi connectivity index (χ4v) is 2.05. The molecular formula is C15H22N2O2. The minimum atomic E-state index is -0.801. The zero-order valence-electron chi connectivity index (χ0n) is 11.8. The maximum Gasteiger partial charge on any atom is 0.244 e. The summed E-state index contributed by atoms with van der Waals surface area (Å²) in [5.74, 6) is 0.831. The van der Waals surface area contributed by atoms with Gasteiger partial charge in [0.05, 0.1) is 17.3 Å². The first kappa shape index (κ1) is 13.9. The number of hydrogen-bond donors (Lipinski definition) is 2. The smallest absolute Gasteiger partial charge is 0.244 e. The molecule has 0 spiro atoms. The highest BCUT2D eigenvalue weighted by Gasteiger charge is 2.44. The van der Waals surface area contributed by atoms with E-state index in [1.807, 2.05) is 38.1 Å². The lowest BCUT2D eigenvalue weighted by atomic mass is 9.96. The molecule has 19 heavy (non-hydrogen) atoms. The second-order valence-electron chi connectivity index (χ2n) is 5.67. The lowest BCUT2D eigenvalue weighted by Gasteiger charge is -2.24. The van der Waals surface area contributed by atoms with Gasteiger partial charge in [0.2, 0.25) is 5.91 Å². The van der Waals surface area contributed by atoms with E-state index in [1.165, 1.54) is 0 Å². The summed E-state index contributed by atoms with van der Waals surface area (Å²) in [6.07, 6.45) is 2.13. The van der Waals surface area contributed by atoms with E-state index in [2.05, 4.69) is 5.32 Å². The maximum absolute atomic E-state index is 12.3. The molecule has 1 atom stereocenters. The van der Waals surface area contributed by atoms with Gasteiger partial charge >= 0.3 is 0 Å². The quantitative estimate of drug-likeness (QED) is 0.857. The Hall–Kier alpha value is -1.55. The summed E-state index contributed by atoms with van der Waals surface area (Å²) < 4.78 is 5.68. The number of rotatable bonds is 5. The van der Waals surface area contributed by atoms with Gasteiger partial charge in [-0.3, -0.25) is 4.79 Å². The Kier molecular flexibility index (Phi) is 3.80. The Morgan fingerprint density at radius 3 is 2.63 bits per heavy atom. The number of ether oxygens (including phenoxy) is 1. The van der Waals surface area contributed by atoms with Crippen LogP contribution in [0.1, 0.15) is 33.6 Å². The number of hydrogen-bond acceptors (Lipinski definition) is 3. The van der Waals surface area contributed by atoms with Crippen molar-refractivity contribution in [3.8, 4) is 5.75 Å². The highest BCUT2D eigenvalue weighted by molar-refractivity contribution is 5.99. The second-order valence-corrected chi connectivity index (χ2v) is 5.67. The number of anilines is 1. The second kappa shape index (κ2) is 5.21. The van der Waals surface area contributed by atoms with Gasteiger partial charge in [0.25, 0.3) is 0 Å². The topological polar surface area (TPSA) is 64.3 Å². The van der Waals surface area contributed by atoms with Gasteiger partial charge in [-0.2, -0.15) is 0 Å². The predicted molar refractivity (Wildman–Crippen MR) is 76.2 cm³/mol. The molecule has 0 heterocycles. The van der Waals surface area contributed by atoms with Crippen LogP contribution in [0.15, 0.2) is 24.3 Å². The van der Waals surface area contributed by atoms with E-state index >= 15 is 0 Å². The number of para-hydroxylation sites is 2. The van der Waals surface area contributed by atoms with Crippen LogP contribution in [0.25, 0.3) is 0 Å². The first-order chi connectivity index (χ1) is 8.91. The van der Waals surface area contributed by atoms with Crippen LogP contribution >= 0.6 is 0 Å². The standard InChI is InChI=1S/C15H22N2O2/c1-10(2)19-13-7-5-4-6-12(13)17-14(18)15(3,16)11-8-9-11/h4-7,10-11H,8-9,16H2,1-3H3,(H,17,18). The fraction of sp³-hybridized carbons (Fsp3) is 0.533. The van der Waals surface area contributed by atoms with Crippen molar-refractivity contribution in [3.63, 3.8) is 0 Å². The monoisotopic (exact) mass is 262 g/mol. The van der Waals surface area contributed by atoms with E-state index < -0.39 is 5.54 Å². The van der Waals surface area contributed by atoms with Crippen LogP contribution in [-0.4, -0.2) is 17.6 Å². The van der Waals surface area contributed by atoms with Crippen LogP contribution in [0, 0.1) is 5.92 Å². The summed E-state index contributed by atoms with van der Waals surface area (Å²) in [6, 6.07) is 7.43. The molecule has 3 N–H and O–H groups in total. The van der Waals surface area contributed by atoms with Gasteiger partial charge in [-0.1, -0.05) is 12.1 Å². The highest BCUT2D eigenvalue weighted by Crippen LogP contribution is 2.39. The normalized spacial score (nSPS) is 17.9. The van der Waals surface area contributed by atoms with E-state index in [-0.39, 0.29) is 12.0 Å². The van der Waals surface area contributed by atoms with Crippen LogP contribution in [0.3, 0.4) is 0 Å². The largest absolute Gasteiger partial charge is 0.489 e. The van der Waals surface area contributed by atoms with Crippen LogP contribution in [0.2, 0.25) is 0 Å². The molecule has 0 bridgehead atoms. The molecular weight excluding hydrogens is 240 g/mol.